The van der Waals surface area contributed by atoms with Gasteiger partial charge in [0.1, 0.15) is 24.1 Å². The molecule has 4 aromatic carbocycles. The van der Waals surface area contributed by atoms with E-state index in [1.165, 1.54) is 17.0 Å². The molecular weight excluding hydrogens is 633 g/mol. The Bertz CT molecular complexity index is 1700. The highest BCUT2D eigenvalue weighted by Crippen LogP contribution is 2.29. The zero-order valence-electron chi connectivity index (χ0n) is 25.2. The van der Waals surface area contributed by atoms with Crippen molar-refractivity contribution in [2.24, 2.45) is 5.92 Å². The third-order valence-electron chi connectivity index (χ3n) is 6.92. The predicted molar refractivity (Wildman–Crippen MR) is 178 cm³/mol. The van der Waals surface area contributed by atoms with Crippen LogP contribution >= 0.6 is 23.2 Å². The Morgan fingerprint density at radius 1 is 0.822 bits per heavy atom. The fourth-order valence-corrected chi connectivity index (χ4v) is 6.33. The van der Waals surface area contributed by atoms with Gasteiger partial charge >= 0.3 is 0 Å². The maximum absolute atomic E-state index is 14.1. The first-order valence-corrected chi connectivity index (χ1v) is 16.6. The molecule has 11 heteroatoms. The number of rotatable bonds is 13. The first-order valence-electron chi connectivity index (χ1n) is 14.4. The van der Waals surface area contributed by atoms with Crippen LogP contribution in [0.1, 0.15) is 26.3 Å². The van der Waals surface area contributed by atoms with Crippen LogP contribution in [0.25, 0.3) is 0 Å². The highest BCUT2D eigenvalue weighted by Gasteiger charge is 2.33. The van der Waals surface area contributed by atoms with E-state index in [9.17, 15) is 18.0 Å². The Morgan fingerprint density at radius 2 is 1.42 bits per heavy atom. The van der Waals surface area contributed by atoms with Gasteiger partial charge in [0.2, 0.25) is 11.8 Å². The van der Waals surface area contributed by atoms with E-state index >= 15 is 0 Å². The number of nitrogens with zero attached hydrogens (tertiary/aromatic N) is 2. The number of nitrogens with one attached hydrogen (secondary N) is 1. The molecule has 0 heterocycles. The van der Waals surface area contributed by atoms with Gasteiger partial charge < -0.3 is 15.0 Å². The van der Waals surface area contributed by atoms with Crippen molar-refractivity contribution < 1.29 is 22.7 Å². The number of hydrogen-bond acceptors (Lipinski definition) is 5. The van der Waals surface area contributed by atoms with Crippen molar-refractivity contribution in [3.8, 4) is 11.5 Å². The van der Waals surface area contributed by atoms with E-state index in [1.54, 1.807) is 79.7 Å². The van der Waals surface area contributed by atoms with E-state index in [1.807, 2.05) is 32.0 Å². The third kappa shape index (κ3) is 9.00. The lowest BCUT2D eigenvalue weighted by Gasteiger charge is -2.32. The van der Waals surface area contributed by atoms with Crippen LogP contribution in [0.4, 0.5) is 5.69 Å². The third-order valence-corrected chi connectivity index (χ3v) is 9.30. The minimum absolute atomic E-state index is 0.0115. The minimum atomic E-state index is -4.21. The molecular formula is C34H35Cl2N3O5S. The van der Waals surface area contributed by atoms with Gasteiger partial charge in [0.15, 0.2) is 0 Å². The van der Waals surface area contributed by atoms with Gasteiger partial charge in [-0.15, -0.1) is 0 Å². The van der Waals surface area contributed by atoms with E-state index in [-0.39, 0.29) is 29.0 Å². The molecule has 45 heavy (non-hydrogen) atoms. The van der Waals surface area contributed by atoms with Crippen molar-refractivity contribution in [1.82, 2.24) is 10.2 Å². The summed E-state index contributed by atoms with van der Waals surface area (Å²) in [6, 6.07) is 27.4. The van der Waals surface area contributed by atoms with E-state index in [0.29, 0.717) is 33.7 Å². The van der Waals surface area contributed by atoms with Crippen LogP contribution in [-0.4, -0.2) is 44.3 Å². The summed E-state index contributed by atoms with van der Waals surface area (Å²) < 4.78 is 34.9. The molecule has 0 saturated heterocycles. The molecule has 0 aliphatic rings. The van der Waals surface area contributed by atoms with Gasteiger partial charge in [0.05, 0.1) is 10.6 Å². The molecule has 4 aromatic rings. The number of carbonyl (C=O) groups is 2. The molecule has 1 N–H and O–H groups in total. The van der Waals surface area contributed by atoms with Gasteiger partial charge in [0, 0.05) is 23.1 Å². The number of sulfonamides is 1. The van der Waals surface area contributed by atoms with Crippen LogP contribution in [0.5, 0.6) is 11.5 Å². The summed E-state index contributed by atoms with van der Waals surface area (Å²) in [7, 11) is -4.21. The first kappa shape index (κ1) is 33.8. The van der Waals surface area contributed by atoms with Crippen LogP contribution in [-0.2, 0) is 26.2 Å². The summed E-state index contributed by atoms with van der Waals surface area (Å²) in [5, 5.41) is 3.60. The molecule has 0 unspecified atom stereocenters. The highest BCUT2D eigenvalue weighted by molar-refractivity contribution is 7.92. The van der Waals surface area contributed by atoms with E-state index < -0.39 is 28.5 Å². The number of halogens is 2. The number of anilines is 1. The molecule has 2 amide bonds. The smallest absolute Gasteiger partial charge is 0.264 e. The average Bonchev–Trinajstić information content (AvgIpc) is 3.03. The van der Waals surface area contributed by atoms with Crippen molar-refractivity contribution >= 4 is 50.7 Å². The summed E-state index contributed by atoms with van der Waals surface area (Å²) in [6.07, 6.45) is 0. The molecule has 0 fully saturated rings. The number of benzene rings is 4. The molecule has 0 radical (unpaired) electrons. The summed E-state index contributed by atoms with van der Waals surface area (Å²) in [5.74, 6) is 0.328. The van der Waals surface area contributed by atoms with Gasteiger partial charge in [-0.05, 0) is 79.1 Å². The summed E-state index contributed by atoms with van der Waals surface area (Å²) in [4.78, 5) is 28.6. The molecule has 0 aliphatic heterocycles. The molecule has 0 bridgehead atoms. The molecule has 1 atom stereocenters. The number of hydrogen-bond donors (Lipinski definition) is 1. The van der Waals surface area contributed by atoms with Gasteiger partial charge in [0.25, 0.3) is 10.0 Å². The van der Waals surface area contributed by atoms with Crippen LogP contribution in [0.2, 0.25) is 10.0 Å². The maximum Gasteiger partial charge on any atom is 0.264 e. The topological polar surface area (TPSA) is 96.0 Å². The van der Waals surface area contributed by atoms with Crippen molar-refractivity contribution in [2.45, 2.75) is 38.3 Å². The highest BCUT2D eigenvalue weighted by atomic mass is 35.5. The van der Waals surface area contributed by atoms with Crippen LogP contribution < -0.4 is 14.4 Å². The molecule has 4 rings (SSSR count). The molecule has 236 valence electrons. The van der Waals surface area contributed by atoms with Crippen molar-refractivity contribution in [2.75, 3.05) is 17.4 Å². The quantitative estimate of drug-likeness (QED) is 0.163. The van der Waals surface area contributed by atoms with Gasteiger partial charge in [-0.25, -0.2) is 8.42 Å². The Hall–Kier alpha value is -4.05. The fraction of sp³-hybridized carbons (Fsp3) is 0.235. The monoisotopic (exact) mass is 667 g/mol. The second kappa shape index (κ2) is 15.3. The Kier molecular flexibility index (Phi) is 11.5. The van der Waals surface area contributed by atoms with Crippen LogP contribution in [0, 0.1) is 5.92 Å². The van der Waals surface area contributed by atoms with Crippen molar-refractivity contribution in [1.29, 1.82) is 0 Å². The Labute approximate surface area is 274 Å². The zero-order chi connectivity index (χ0) is 32.6. The molecule has 0 aromatic heterocycles. The standard InChI is InChI=1S/C34H35Cl2N3O5S/c1-24(2)21-37-34(41)25(3)38(22-26-14-15-27(35)20-32(26)36)33(40)23-39(45(42,43)31-12-8-5-9-13-31)28-16-18-30(19-17-28)44-29-10-6-4-7-11-29/h4-20,24-25H,21-23H2,1-3H3,(H,37,41)/t25-/m1/s1. The number of carbonyl (C=O) groups excluding carboxylic acids is 2. The van der Waals surface area contributed by atoms with Gasteiger partial charge in [-0.1, -0.05) is 79.5 Å². The molecule has 0 aliphatic carbocycles. The second-order valence-electron chi connectivity index (χ2n) is 10.8. The van der Waals surface area contributed by atoms with Gasteiger partial charge in [-0.3, -0.25) is 13.9 Å². The summed E-state index contributed by atoms with van der Waals surface area (Å²) in [5.41, 5.74) is 0.798. The molecule has 0 saturated carbocycles. The van der Waals surface area contributed by atoms with Crippen LogP contribution in [0.15, 0.2) is 108 Å². The van der Waals surface area contributed by atoms with Crippen molar-refractivity contribution in [3.05, 3.63) is 119 Å². The number of para-hydroxylation sites is 1. The Morgan fingerprint density at radius 3 is 2.02 bits per heavy atom. The van der Waals surface area contributed by atoms with E-state index in [4.69, 9.17) is 27.9 Å². The number of amides is 2. The van der Waals surface area contributed by atoms with Gasteiger partial charge in [-0.2, -0.15) is 0 Å². The maximum atomic E-state index is 14.1. The minimum Gasteiger partial charge on any atom is -0.457 e. The average molecular weight is 669 g/mol. The van der Waals surface area contributed by atoms with Crippen molar-refractivity contribution in [3.63, 3.8) is 0 Å². The molecule has 8 nitrogen and oxygen atoms in total. The lowest BCUT2D eigenvalue weighted by Crippen LogP contribution is -2.51. The normalized spacial score (nSPS) is 12.0. The number of ether oxygens (including phenoxy) is 1. The Balaban J connectivity index is 1.70. The lowest BCUT2D eigenvalue weighted by atomic mass is 10.1. The lowest BCUT2D eigenvalue weighted by molar-refractivity contribution is -0.139. The van der Waals surface area contributed by atoms with E-state index in [0.717, 1.165) is 4.31 Å². The predicted octanol–water partition coefficient (Wildman–Crippen LogP) is 7.17. The zero-order valence-corrected chi connectivity index (χ0v) is 27.5. The largest absolute Gasteiger partial charge is 0.457 e. The van der Waals surface area contributed by atoms with E-state index in [2.05, 4.69) is 5.32 Å². The fourth-order valence-electron chi connectivity index (χ4n) is 4.42. The SMILES string of the molecule is CC(C)CNC(=O)[C@@H](C)N(Cc1ccc(Cl)cc1Cl)C(=O)CN(c1ccc(Oc2ccccc2)cc1)S(=O)(=O)c1ccccc1. The second-order valence-corrected chi connectivity index (χ2v) is 13.5. The first-order chi connectivity index (χ1) is 21.5. The van der Waals surface area contributed by atoms with Crippen LogP contribution in [0.3, 0.4) is 0 Å². The molecule has 0 spiro atoms. The summed E-state index contributed by atoms with van der Waals surface area (Å²) in [6.45, 7) is 5.31. The summed E-state index contributed by atoms with van der Waals surface area (Å²) >= 11 is 12.5.